The van der Waals surface area contributed by atoms with Crippen LogP contribution >= 0.6 is 0 Å². The highest BCUT2D eigenvalue weighted by Crippen LogP contribution is 2.28. The molecule has 0 aliphatic rings. The normalized spacial score (nSPS) is 15.4. The zero-order valence-electron chi connectivity index (χ0n) is 12.1. The van der Waals surface area contributed by atoms with E-state index >= 15 is 0 Å². The van der Waals surface area contributed by atoms with Crippen molar-refractivity contribution in [3.05, 3.63) is 42.2 Å². The van der Waals surface area contributed by atoms with E-state index in [1.165, 1.54) is 0 Å². The highest BCUT2D eigenvalue weighted by Gasteiger charge is 2.26. The predicted octanol–water partition coefficient (Wildman–Crippen LogP) is 2.83. The van der Waals surface area contributed by atoms with Gasteiger partial charge in [-0.05, 0) is 44.7 Å². The van der Waals surface area contributed by atoms with Gasteiger partial charge in [0, 0.05) is 29.9 Å². The van der Waals surface area contributed by atoms with Crippen molar-refractivity contribution in [2.75, 3.05) is 6.54 Å². The van der Waals surface area contributed by atoms with Crippen LogP contribution in [0.25, 0.3) is 10.8 Å². The molecule has 1 aromatic carbocycles. The van der Waals surface area contributed by atoms with Crippen LogP contribution in [0.2, 0.25) is 0 Å². The molecular formula is C16H22N2O. The van der Waals surface area contributed by atoms with Gasteiger partial charge in [-0.1, -0.05) is 18.2 Å². The number of fused-ring (bicyclic) bond motifs is 1. The number of nitrogens with zero attached hydrogens (tertiary/aromatic N) is 1. The zero-order valence-corrected chi connectivity index (χ0v) is 12.1. The van der Waals surface area contributed by atoms with E-state index in [-0.39, 0.29) is 5.54 Å². The van der Waals surface area contributed by atoms with Gasteiger partial charge >= 0.3 is 0 Å². The molecule has 0 saturated heterocycles. The molecule has 3 heteroatoms. The van der Waals surface area contributed by atoms with Crippen LogP contribution in [0.15, 0.2) is 36.7 Å². The lowest BCUT2D eigenvalue weighted by Crippen LogP contribution is -2.44. The molecule has 0 fully saturated rings. The lowest BCUT2D eigenvalue weighted by Gasteiger charge is -2.30. The second-order valence-electron chi connectivity index (χ2n) is 6.28. The molecule has 3 nitrogen and oxygen atoms in total. The van der Waals surface area contributed by atoms with Crippen molar-refractivity contribution in [1.82, 2.24) is 10.3 Å². The van der Waals surface area contributed by atoms with E-state index in [0.717, 1.165) is 16.3 Å². The fraction of sp³-hybridized carbons (Fsp3) is 0.438. The maximum Gasteiger partial charge on any atom is 0.0999 e. The molecule has 0 aliphatic carbocycles. The second-order valence-corrected chi connectivity index (χ2v) is 6.28. The third kappa shape index (κ3) is 3.31. The molecule has 1 aromatic heterocycles. The van der Waals surface area contributed by atoms with Gasteiger partial charge in [0.1, 0.15) is 0 Å². The number of hydrogen-bond donors (Lipinski definition) is 2. The molecular weight excluding hydrogens is 236 g/mol. The topological polar surface area (TPSA) is 45.1 Å². The van der Waals surface area contributed by atoms with Gasteiger partial charge in [0.25, 0.3) is 0 Å². The van der Waals surface area contributed by atoms with Gasteiger partial charge in [0.15, 0.2) is 0 Å². The Morgan fingerprint density at radius 1 is 1.16 bits per heavy atom. The van der Waals surface area contributed by atoms with Gasteiger partial charge in [0.2, 0.25) is 0 Å². The summed E-state index contributed by atoms with van der Waals surface area (Å²) in [6.07, 6.45) is 3.59. The average Bonchev–Trinajstić information content (AvgIpc) is 2.35. The van der Waals surface area contributed by atoms with E-state index in [0.29, 0.717) is 6.54 Å². The van der Waals surface area contributed by atoms with Crippen LogP contribution in [0.3, 0.4) is 0 Å². The SMILES string of the molecule is CC(C)(C)NCC(C)(O)c1cccc2ccncc12. The molecule has 2 aromatic rings. The number of aliphatic hydroxyl groups is 1. The number of hydrogen-bond acceptors (Lipinski definition) is 3. The van der Waals surface area contributed by atoms with Gasteiger partial charge in [0.05, 0.1) is 5.60 Å². The maximum absolute atomic E-state index is 10.8. The summed E-state index contributed by atoms with van der Waals surface area (Å²) >= 11 is 0. The molecule has 1 atom stereocenters. The molecule has 0 aliphatic heterocycles. The molecule has 1 unspecified atom stereocenters. The molecule has 0 saturated carbocycles. The minimum absolute atomic E-state index is 0.0210. The lowest BCUT2D eigenvalue weighted by atomic mass is 9.91. The van der Waals surface area contributed by atoms with Crippen LogP contribution in [0.5, 0.6) is 0 Å². The number of β-amino-alcohol motifs (C(OH)–C–C–N with tert-alkyl or cyclic N) is 1. The Morgan fingerprint density at radius 3 is 2.58 bits per heavy atom. The molecule has 1 heterocycles. The van der Waals surface area contributed by atoms with Crippen LogP contribution in [-0.4, -0.2) is 22.2 Å². The van der Waals surface area contributed by atoms with Crippen LogP contribution in [-0.2, 0) is 5.60 Å². The van der Waals surface area contributed by atoms with Crippen LogP contribution in [0.4, 0.5) is 0 Å². The quantitative estimate of drug-likeness (QED) is 0.890. The van der Waals surface area contributed by atoms with Crippen LogP contribution in [0, 0.1) is 0 Å². The van der Waals surface area contributed by atoms with Crippen molar-refractivity contribution in [3.8, 4) is 0 Å². The Hall–Kier alpha value is -1.45. The Bertz CT molecular complexity index is 565. The third-order valence-electron chi connectivity index (χ3n) is 3.23. The predicted molar refractivity (Wildman–Crippen MR) is 79.1 cm³/mol. The first-order chi connectivity index (χ1) is 8.80. The lowest BCUT2D eigenvalue weighted by molar-refractivity contribution is 0.0516. The first-order valence-corrected chi connectivity index (χ1v) is 6.60. The second kappa shape index (κ2) is 4.91. The maximum atomic E-state index is 10.8. The summed E-state index contributed by atoms with van der Waals surface area (Å²) < 4.78 is 0. The van der Waals surface area contributed by atoms with Gasteiger partial charge in [-0.15, -0.1) is 0 Å². The van der Waals surface area contributed by atoms with Crippen molar-refractivity contribution in [2.45, 2.75) is 38.8 Å². The molecule has 19 heavy (non-hydrogen) atoms. The van der Waals surface area contributed by atoms with Gasteiger partial charge in [-0.3, -0.25) is 4.98 Å². The highest BCUT2D eigenvalue weighted by molar-refractivity contribution is 5.85. The smallest absolute Gasteiger partial charge is 0.0999 e. The summed E-state index contributed by atoms with van der Waals surface area (Å²) in [7, 11) is 0. The first-order valence-electron chi connectivity index (χ1n) is 6.60. The third-order valence-corrected chi connectivity index (χ3v) is 3.23. The Kier molecular flexibility index (Phi) is 3.61. The van der Waals surface area contributed by atoms with E-state index in [2.05, 4.69) is 31.1 Å². The molecule has 102 valence electrons. The van der Waals surface area contributed by atoms with Crippen molar-refractivity contribution < 1.29 is 5.11 Å². The van der Waals surface area contributed by atoms with E-state index < -0.39 is 5.60 Å². The van der Waals surface area contributed by atoms with Crippen LogP contribution < -0.4 is 5.32 Å². The summed E-state index contributed by atoms with van der Waals surface area (Å²) in [4.78, 5) is 4.16. The molecule has 0 spiro atoms. The van der Waals surface area contributed by atoms with Gasteiger partial charge in [-0.25, -0.2) is 0 Å². The first kappa shape index (κ1) is 14.0. The minimum atomic E-state index is -0.921. The summed E-state index contributed by atoms with van der Waals surface area (Å²) in [5.74, 6) is 0. The largest absolute Gasteiger partial charge is 0.384 e. The molecule has 0 radical (unpaired) electrons. The van der Waals surface area contributed by atoms with Crippen molar-refractivity contribution in [1.29, 1.82) is 0 Å². The Labute approximate surface area is 114 Å². The number of nitrogens with one attached hydrogen (secondary N) is 1. The number of aromatic nitrogens is 1. The van der Waals surface area contributed by atoms with E-state index in [1.807, 2.05) is 37.4 Å². The van der Waals surface area contributed by atoms with Gasteiger partial charge in [-0.2, -0.15) is 0 Å². The van der Waals surface area contributed by atoms with Crippen molar-refractivity contribution >= 4 is 10.8 Å². The van der Waals surface area contributed by atoms with E-state index in [4.69, 9.17) is 0 Å². The highest BCUT2D eigenvalue weighted by atomic mass is 16.3. The van der Waals surface area contributed by atoms with Crippen molar-refractivity contribution in [2.24, 2.45) is 0 Å². The van der Waals surface area contributed by atoms with Crippen molar-refractivity contribution in [3.63, 3.8) is 0 Å². The fourth-order valence-corrected chi connectivity index (χ4v) is 2.12. The average molecular weight is 258 g/mol. The van der Waals surface area contributed by atoms with Gasteiger partial charge < -0.3 is 10.4 Å². The van der Waals surface area contributed by atoms with E-state index in [1.54, 1.807) is 6.20 Å². The fourth-order valence-electron chi connectivity index (χ4n) is 2.12. The number of benzene rings is 1. The Morgan fingerprint density at radius 2 is 1.89 bits per heavy atom. The summed E-state index contributed by atoms with van der Waals surface area (Å²) in [6.45, 7) is 8.62. The zero-order chi connectivity index (χ0) is 14.1. The monoisotopic (exact) mass is 258 g/mol. The number of rotatable bonds is 3. The Balaban J connectivity index is 2.37. The minimum Gasteiger partial charge on any atom is -0.384 e. The molecule has 2 rings (SSSR count). The number of pyridine rings is 1. The summed E-state index contributed by atoms with van der Waals surface area (Å²) in [5, 5.41) is 16.2. The summed E-state index contributed by atoms with van der Waals surface area (Å²) in [5.41, 5.74) is -0.0299. The standard InChI is InChI=1S/C16H22N2O/c1-15(2,3)18-11-16(4,19)14-7-5-6-12-8-9-17-10-13(12)14/h5-10,18-19H,11H2,1-4H3. The molecule has 0 amide bonds. The summed E-state index contributed by atoms with van der Waals surface area (Å²) in [6, 6.07) is 7.94. The van der Waals surface area contributed by atoms with E-state index in [9.17, 15) is 5.11 Å². The molecule has 0 bridgehead atoms. The molecule has 2 N–H and O–H groups in total. The van der Waals surface area contributed by atoms with Crippen LogP contribution in [0.1, 0.15) is 33.3 Å².